The van der Waals surface area contributed by atoms with Crippen molar-refractivity contribution in [1.29, 1.82) is 0 Å². The zero-order chi connectivity index (χ0) is 16.2. The van der Waals surface area contributed by atoms with Crippen LogP contribution in [0.2, 0.25) is 5.15 Å². The lowest BCUT2D eigenvalue weighted by molar-refractivity contribution is -0.126. The molecule has 0 saturated carbocycles. The van der Waals surface area contributed by atoms with Crippen LogP contribution < -0.4 is 0 Å². The highest BCUT2D eigenvalue weighted by Gasteiger charge is 2.32. The maximum Gasteiger partial charge on any atom is 0.338 e. The van der Waals surface area contributed by atoms with Gasteiger partial charge in [-0.25, -0.2) is 9.78 Å². The molecule has 0 fully saturated rings. The second-order valence-electron chi connectivity index (χ2n) is 3.97. The van der Waals surface area contributed by atoms with Crippen molar-refractivity contribution >= 4 is 63.9 Å². The predicted octanol–water partition coefficient (Wildman–Crippen LogP) is 2.96. The first-order chi connectivity index (χ1) is 9.65. The normalized spacial score (nSPS) is 11.1. The number of hydrogen-bond acceptors (Lipinski definition) is 5. The molecule has 0 unspecified atom stereocenters. The fraction of sp³-hybridized carbons (Fsp3) is 0.333. The third-order valence-electron chi connectivity index (χ3n) is 2.42. The highest BCUT2D eigenvalue weighted by atomic mass is 35.6. The molecular weight excluding hydrogens is 364 g/mol. The molecule has 21 heavy (non-hydrogen) atoms. The lowest BCUT2D eigenvalue weighted by Gasteiger charge is -2.10. The number of carbonyl (C=O) groups excluding carboxylic acids is 3. The van der Waals surface area contributed by atoms with Crippen molar-refractivity contribution < 1.29 is 19.1 Å². The second kappa shape index (κ2) is 7.40. The number of aromatic nitrogens is 1. The monoisotopic (exact) mass is 371 g/mol. The summed E-state index contributed by atoms with van der Waals surface area (Å²) in [5.41, 5.74) is 0.362. The van der Waals surface area contributed by atoms with E-state index in [1.807, 2.05) is 0 Å². The van der Waals surface area contributed by atoms with Crippen molar-refractivity contribution in [2.24, 2.45) is 0 Å². The first-order valence-electron chi connectivity index (χ1n) is 5.49. The number of carbonyl (C=O) groups is 3. The van der Waals surface area contributed by atoms with Gasteiger partial charge in [0.05, 0.1) is 19.1 Å². The van der Waals surface area contributed by atoms with Crippen molar-refractivity contribution in [2.75, 3.05) is 7.11 Å². The number of pyridine rings is 1. The predicted molar refractivity (Wildman–Crippen MR) is 79.2 cm³/mol. The van der Waals surface area contributed by atoms with Gasteiger partial charge in [-0.05, 0) is 11.6 Å². The van der Waals surface area contributed by atoms with E-state index < -0.39 is 27.7 Å². The Balaban J connectivity index is 2.91. The molecule has 1 aromatic rings. The third kappa shape index (κ3) is 5.43. The Labute approximate surface area is 140 Å². The SMILES string of the molecule is COC(=O)c1cc(Cl)ncc1CC(=O)CC(=O)C(Cl)(Cl)Cl. The van der Waals surface area contributed by atoms with Crippen LogP contribution in [0.1, 0.15) is 22.3 Å². The lowest BCUT2D eigenvalue weighted by Crippen LogP contribution is -2.23. The molecule has 1 rings (SSSR count). The van der Waals surface area contributed by atoms with Crippen molar-refractivity contribution in [1.82, 2.24) is 4.98 Å². The molecule has 0 bridgehead atoms. The molecule has 114 valence electrons. The first kappa shape index (κ1) is 18.2. The minimum absolute atomic E-state index is 0.0731. The van der Waals surface area contributed by atoms with Crippen molar-refractivity contribution in [2.45, 2.75) is 16.6 Å². The van der Waals surface area contributed by atoms with E-state index in [1.54, 1.807) is 0 Å². The van der Waals surface area contributed by atoms with Crippen LogP contribution in [-0.2, 0) is 20.7 Å². The van der Waals surface area contributed by atoms with Crippen LogP contribution in [0.15, 0.2) is 12.3 Å². The van der Waals surface area contributed by atoms with Crippen LogP contribution in [0.4, 0.5) is 0 Å². The number of esters is 1. The van der Waals surface area contributed by atoms with Gasteiger partial charge in [0.15, 0.2) is 5.78 Å². The number of nitrogens with zero attached hydrogens (tertiary/aromatic N) is 1. The molecule has 1 aromatic heterocycles. The number of halogens is 4. The van der Waals surface area contributed by atoms with E-state index in [2.05, 4.69) is 9.72 Å². The molecule has 0 aliphatic carbocycles. The Bertz CT molecular complexity index is 583. The quantitative estimate of drug-likeness (QED) is 0.344. The molecular formula is C12H9Cl4NO4. The largest absolute Gasteiger partial charge is 0.465 e. The van der Waals surface area contributed by atoms with Crippen molar-refractivity contribution in [3.05, 3.63) is 28.5 Å². The van der Waals surface area contributed by atoms with E-state index in [0.29, 0.717) is 0 Å². The smallest absolute Gasteiger partial charge is 0.338 e. The molecule has 0 aromatic carbocycles. The molecule has 9 heteroatoms. The highest BCUT2D eigenvalue weighted by molar-refractivity contribution is 6.76. The topological polar surface area (TPSA) is 73.3 Å². The summed E-state index contributed by atoms with van der Waals surface area (Å²) >= 11 is 21.8. The fourth-order valence-corrected chi connectivity index (χ4v) is 1.81. The van der Waals surface area contributed by atoms with Crippen LogP contribution >= 0.6 is 46.4 Å². The van der Waals surface area contributed by atoms with Crippen LogP contribution in [0.3, 0.4) is 0 Å². The van der Waals surface area contributed by atoms with E-state index in [0.717, 1.165) is 0 Å². The van der Waals surface area contributed by atoms with Crippen LogP contribution in [0.5, 0.6) is 0 Å². The molecule has 0 atom stereocenters. The molecule has 0 amide bonds. The summed E-state index contributed by atoms with van der Waals surface area (Å²) in [4.78, 5) is 38.6. The average Bonchev–Trinajstić information content (AvgIpc) is 2.38. The van der Waals surface area contributed by atoms with Gasteiger partial charge in [-0.2, -0.15) is 0 Å². The Morgan fingerprint density at radius 2 is 1.90 bits per heavy atom. The Hall–Kier alpha value is -0.880. The summed E-state index contributed by atoms with van der Waals surface area (Å²) < 4.78 is 2.43. The van der Waals surface area contributed by atoms with E-state index in [9.17, 15) is 14.4 Å². The standard InChI is InChI=1S/C12H9Cl4NO4/c1-21-11(20)8-4-10(13)17-5-6(8)2-7(18)3-9(19)12(14,15)16/h4-5H,2-3H2,1H3. The maximum atomic E-state index is 11.8. The number of hydrogen-bond donors (Lipinski definition) is 0. The van der Waals surface area contributed by atoms with Crippen molar-refractivity contribution in [3.8, 4) is 0 Å². The van der Waals surface area contributed by atoms with E-state index >= 15 is 0 Å². The molecule has 0 spiro atoms. The summed E-state index contributed by atoms with van der Waals surface area (Å²) in [5, 5.41) is 0.0731. The number of Topliss-reactive ketones (excluding diaryl/α,β-unsaturated/α-hetero) is 2. The number of alkyl halides is 3. The zero-order valence-electron chi connectivity index (χ0n) is 10.7. The van der Waals surface area contributed by atoms with Crippen molar-refractivity contribution in [3.63, 3.8) is 0 Å². The summed E-state index contributed by atoms with van der Waals surface area (Å²) in [6, 6.07) is 1.27. The Morgan fingerprint density at radius 3 is 2.43 bits per heavy atom. The second-order valence-corrected chi connectivity index (χ2v) is 6.64. The maximum absolute atomic E-state index is 11.8. The molecule has 1 heterocycles. The molecule has 0 aliphatic rings. The Morgan fingerprint density at radius 1 is 1.29 bits per heavy atom. The third-order valence-corrected chi connectivity index (χ3v) is 3.26. The molecule has 0 aliphatic heterocycles. The van der Waals surface area contributed by atoms with Gasteiger partial charge in [0.25, 0.3) is 0 Å². The van der Waals surface area contributed by atoms with Gasteiger partial charge >= 0.3 is 5.97 Å². The van der Waals surface area contributed by atoms with Crippen LogP contribution in [0, 0.1) is 0 Å². The Kier molecular flexibility index (Phi) is 6.41. The van der Waals surface area contributed by atoms with Gasteiger partial charge in [-0.3, -0.25) is 9.59 Å². The van der Waals surface area contributed by atoms with E-state index in [-0.39, 0.29) is 22.7 Å². The van der Waals surface area contributed by atoms with E-state index in [1.165, 1.54) is 19.4 Å². The first-order valence-corrected chi connectivity index (χ1v) is 7.00. The van der Waals surface area contributed by atoms with Crippen LogP contribution in [0.25, 0.3) is 0 Å². The number of methoxy groups -OCH3 is 1. The summed E-state index contributed by atoms with van der Waals surface area (Å²) in [6.07, 6.45) is 0.452. The van der Waals surface area contributed by atoms with Gasteiger partial charge < -0.3 is 4.74 Å². The van der Waals surface area contributed by atoms with Gasteiger partial charge in [0.1, 0.15) is 10.9 Å². The van der Waals surface area contributed by atoms with Gasteiger partial charge in [-0.15, -0.1) is 0 Å². The number of rotatable bonds is 5. The molecule has 0 saturated heterocycles. The van der Waals surface area contributed by atoms with Gasteiger partial charge in [0.2, 0.25) is 3.79 Å². The van der Waals surface area contributed by atoms with E-state index in [4.69, 9.17) is 46.4 Å². The molecule has 0 N–H and O–H groups in total. The highest BCUT2D eigenvalue weighted by Crippen LogP contribution is 2.28. The number of ether oxygens (including phenoxy) is 1. The summed E-state index contributed by atoms with van der Waals surface area (Å²) in [5.74, 6) is -2.05. The zero-order valence-corrected chi connectivity index (χ0v) is 13.7. The minimum Gasteiger partial charge on any atom is -0.465 e. The lowest BCUT2D eigenvalue weighted by atomic mass is 10.0. The summed E-state index contributed by atoms with van der Waals surface area (Å²) in [6.45, 7) is 0. The van der Waals surface area contributed by atoms with Gasteiger partial charge in [0, 0.05) is 12.6 Å². The fourth-order valence-electron chi connectivity index (χ4n) is 1.45. The molecule has 0 radical (unpaired) electrons. The van der Waals surface area contributed by atoms with Crippen LogP contribution in [-0.4, -0.2) is 33.4 Å². The average molecular weight is 373 g/mol. The molecule has 5 nitrogen and oxygen atoms in total. The number of ketones is 2. The van der Waals surface area contributed by atoms with Gasteiger partial charge in [-0.1, -0.05) is 46.4 Å². The minimum atomic E-state index is -2.15. The summed E-state index contributed by atoms with van der Waals surface area (Å²) in [7, 11) is 1.19.